The third-order valence-electron chi connectivity index (χ3n) is 2.39. The normalized spacial score (nSPS) is 10.4. The predicted molar refractivity (Wildman–Crippen MR) is 76.1 cm³/mol. The maximum Gasteiger partial charge on any atom is 0.323 e. The van der Waals surface area contributed by atoms with Gasteiger partial charge in [0.15, 0.2) is 5.82 Å². The molecule has 0 atom stereocenters. The molecule has 0 bridgehead atoms. The summed E-state index contributed by atoms with van der Waals surface area (Å²) < 4.78 is 10.3. The van der Waals surface area contributed by atoms with Crippen LogP contribution in [0.15, 0.2) is 4.52 Å². The fourth-order valence-corrected chi connectivity index (χ4v) is 1.51. The summed E-state index contributed by atoms with van der Waals surface area (Å²) in [6, 6.07) is 0.273. The van der Waals surface area contributed by atoms with Crippen molar-refractivity contribution in [2.45, 2.75) is 33.7 Å². The summed E-state index contributed by atoms with van der Waals surface area (Å²) in [6.07, 6.45) is 0.972. The Bertz CT molecular complexity index is 572. The van der Waals surface area contributed by atoms with Crippen LogP contribution in [-0.4, -0.2) is 38.2 Å². The molecule has 0 aromatic carbocycles. The number of rotatable bonds is 8. The molecular weight excluding hydrogens is 274 g/mol. The Morgan fingerprint density at radius 3 is 2.43 bits per heavy atom. The van der Waals surface area contributed by atoms with Crippen molar-refractivity contribution in [3.05, 3.63) is 11.7 Å². The van der Waals surface area contributed by atoms with E-state index < -0.39 is 0 Å². The van der Waals surface area contributed by atoms with E-state index in [4.69, 9.17) is 9.26 Å². The fourth-order valence-electron chi connectivity index (χ4n) is 1.51. The molecule has 0 aliphatic rings. The van der Waals surface area contributed by atoms with Gasteiger partial charge in [0.1, 0.15) is 0 Å². The van der Waals surface area contributed by atoms with E-state index in [1.54, 1.807) is 6.92 Å². The van der Waals surface area contributed by atoms with Gasteiger partial charge in [-0.2, -0.15) is 19.9 Å². The number of hydrogen-bond donors (Lipinski definition) is 2. The average Bonchev–Trinajstić information content (AvgIpc) is 2.89. The lowest BCUT2D eigenvalue weighted by Gasteiger charge is -2.08. The van der Waals surface area contributed by atoms with Gasteiger partial charge in [0.2, 0.25) is 17.8 Å². The molecule has 2 aromatic rings. The molecule has 9 nitrogen and oxygen atoms in total. The van der Waals surface area contributed by atoms with Gasteiger partial charge in [-0.25, -0.2) is 0 Å². The summed E-state index contributed by atoms with van der Waals surface area (Å²) in [4.78, 5) is 16.7. The molecule has 0 spiro atoms. The summed E-state index contributed by atoms with van der Waals surface area (Å²) in [5, 5.41) is 9.83. The molecule has 0 amide bonds. The van der Waals surface area contributed by atoms with E-state index in [9.17, 15) is 0 Å². The lowest BCUT2D eigenvalue weighted by Crippen LogP contribution is -2.11. The molecule has 9 heteroatoms. The molecule has 0 saturated carbocycles. The first kappa shape index (κ1) is 14.9. The summed E-state index contributed by atoms with van der Waals surface area (Å²) in [5.74, 6) is 1.92. The van der Waals surface area contributed by atoms with Crippen LogP contribution in [0.4, 0.5) is 11.9 Å². The highest BCUT2D eigenvalue weighted by atomic mass is 16.5. The molecule has 2 aromatic heterocycles. The van der Waals surface area contributed by atoms with E-state index in [0.29, 0.717) is 36.8 Å². The topological polar surface area (TPSA) is 111 Å². The number of nitrogens with zero attached hydrogens (tertiary/aromatic N) is 5. The van der Waals surface area contributed by atoms with Gasteiger partial charge in [0.25, 0.3) is 0 Å². The van der Waals surface area contributed by atoms with E-state index in [2.05, 4.69) is 42.6 Å². The van der Waals surface area contributed by atoms with Crippen molar-refractivity contribution in [2.75, 3.05) is 23.8 Å². The molecule has 2 rings (SSSR count). The molecule has 21 heavy (non-hydrogen) atoms. The molecule has 0 aliphatic heterocycles. The van der Waals surface area contributed by atoms with Crippen LogP contribution in [0.5, 0.6) is 6.01 Å². The van der Waals surface area contributed by atoms with Crippen molar-refractivity contribution < 1.29 is 9.26 Å². The minimum Gasteiger partial charge on any atom is -0.464 e. The number of aryl methyl sites for hydroxylation is 1. The Labute approximate surface area is 122 Å². The third-order valence-corrected chi connectivity index (χ3v) is 2.39. The number of hydrogen-bond acceptors (Lipinski definition) is 9. The third kappa shape index (κ3) is 4.55. The zero-order valence-electron chi connectivity index (χ0n) is 12.4. The molecule has 114 valence electrons. The largest absolute Gasteiger partial charge is 0.464 e. The summed E-state index contributed by atoms with van der Waals surface area (Å²) in [6.45, 7) is 7.29. The quantitative estimate of drug-likeness (QED) is 0.745. The van der Waals surface area contributed by atoms with E-state index in [1.807, 2.05) is 6.92 Å². The van der Waals surface area contributed by atoms with Gasteiger partial charge in [-0.05, 0) is 20.3 Å². The van der Waals surface area contributed by atoms with Gasteiger partial charge in [-0.1, -0.05) is 12.1 Å². The van der Waals surface area contributed by atoms with Crippen LogP contribution in [0, 0.1) is 6.92 Å². The van der Waals surface area contributed by atoms with Crippen molar-refractivity contribution >= 4 is 11.9 Å². The molecule has 2 N–H and O–H groups in total. The summed E-state index contributed by atoms with van der Waals surface area (Å²) in [7, 11) is 0. The van der Waals surface area contributed by atoms with Gasteiger partial charge in [0.05, 0.1) is 13.2 Å². The Kier molecular flexibility index (Phi) is 5.24. The first-order chi connectivity index (χ1) is 10.2. The second-order valence-corrected chi connectivity index (χ2v) is 4.21. The van der Waals surface area contributed by atoms with E-state index in [-0.39, 0.29) is 6.01 Å². The molecule has 0 unspecified atom stereocenters. The molecule has 0 fully saturated rings. The second-order valence-electron chi connectivity index (χ2n) is 4.21. The number of anilines is 2. The van der Waals surface area contributed by atoms with Crippen LogP contribution >= 0.6 is 0 Å². The van der Waals surface area contributed by atoms with Gasteiger partial charge in [-0.3, -0.25) is 0 Å². The van der Waals surface area contributed by atoms with Crippen LogP contribution in [0.3, 0.4) is 0 Å². The molecular formula is C12H19N7O2. The van der Waals surface area contributed by atoms with E-state index >= 15 is 0 Å². The van der Waals surface area contributed by atoms with Gasteiger partial charge in [-0.15, -0.1) is 0 Å². The Morgan fingerprint density at radius 1 is 1.05 bits per heavy atom. The highest BCUT2D eigenvalue weighted by Gasteiger charge is 2.08. The second kappa shape index (κ2) is 7.36. The standard InChI is InChI=1S/C12H19N7O2/c1-4-6-13-10-16-11(18-12(17-10)20-5-2)14-7-9-15-8(3)19-21-9/h4-7H2,1-3H3,(H2,13,14,16,17,18). The summed E-state index contributed by atoms with van der Waals surface area (Å²) in [5.41, 5.74) is 0. The average molecular weight is 293 g/mol. The maximum absolute atomic E-state index is 5.33. The van der Waals surface area contributed by atoms with Gasteiger partial charge >= 0.3 is 6.01 Å². The Balaban J connectivity index is 2.07. The first-order valence-corrected chi connectivity index (χ1v) is 6.87. The SMILES string of the molecule is CCCNc1nc(NCc2nc(C)no2)nc(OCC)n1. The van der Waals surface area contributed by atoms with Crippen LogP contribution in [-0.2, 0) is 6.54 Å². The van der Waals surface area contributed by atoms with Crippen molar-refractivity contribution in [1.29, 1.82) is 0 Å². The zero-order valence-corrected chi connectivity index (χ0v) is 12.4. The monoisotopic (exact) mass is 293 g/mol. The predicted octanol–water partition coefficient (Wildman–Crippen LogP) is 1.40. The molecule has 0 aliphatic carbocycles. The van der Waals surface area contributed by atoms with Gasteiger partial charge in [0, 0.05) is 6.54 Å². The Hall–Kier alpha value is -2.45. The minimum absolute atomic E-state index is 0.273. The van der Waals surface area contributed by atoms with Crippen molar-refractivity contribution in [3.63, 3.8) is 0 Å². The smallest absolute Gasteiger partial charge is 0.323 e. The van der Waals surface area contributed by atoms with Crippen molar-refractivity contribution in [1.82, 2.24) is 25.1 Å². The minimum atomic E-state index is 0.273. The van der Waals surface area contributed by atoms with Crippen molar-refractivity contribution in [3.8, 4) is 6.01 Å². The molecule has 0 saturated heterocycles. The highest BCUT2D eigenvalue weighted by molar-refractivity contribution is 5.35. The number of nitrogens with one attached hydrogen (secondary N) is 2. The van der Waals surface area contributed by atoms with Crippen LogP contribution in [0.25, 0.3) is 0 Å². The first-order valence-electron chi connectivity index (χ1n) is 6.87. The Morgan fingerprint density at radius 2 is 1.81 bits per heavy atom. The van der Waals surface area contributed by atoms with Gasteiger partial charge < -0.3 is 19.9 Å². The van der Waals surface area contributed by atoms with Crippen LogP contribution in [0.1, 0.15) is 32.0 Å². The lowest BCUT2D eigenvalue weighted by molar-refractivity contribution is 0.312. The number of aromatic nitrogens is 5. The zero-order chi connectivity index (χ0) is 15.1. The molecule has 2 heterocycles. The maximum atomic E-state index is 5.33. The van der Waals surface area contributed by atoms with E-state index in [1.165, 1.54) is 0 Å². The van der Waals surface area contributed by atoms with Crippen LogP contribution in [0.2, 0.25) is 0 Å². The fraction of sp³-hybridized carbons (Fsp3) is 0.583. The lowest BCUT2D eigenvalue weighted by atomic mass is 10.5. The van der Waals surface area contributed by atoms with Crippen LogP contribution < -0.4 is 15.4 Å². The highest BCUT2D eigenvalue weighted by Crippen LogP contribution is 2.12. The number of ether oxygens (including phenoxy) is 1. The van der Waals surface area contributed by atoms with E-state index in [0.717, 1.165) is 13.0 Å². The molecule has 0 radical (unpaired) electrons. The summed E-state index contributed by atoms with van der Waals surface area (Å²) >= 11 is 0. The van der Waals surface area contributed by atoms with Crippen molar-refractivity contribution in [2.24, 2.45) is 0 Å².